The fourth-order valence-electron chi connectivity index (χ4n) is 1.51. The first-order chi connectivity index (χ1) is 7.99. The predicted molar refractivity (Wildman–Crippen MR) is 57.3 cm³/mol. The average Bonchev–Trinajstić information content (AvgIpc) is 2.29. The third-order valence-electron chi connectivity index (χ3n) is 2.36. The minimum Gasteiger partial charge on any atom is -0.469 e. The van der Waals surface area contributed by atoms with Crippen molar-refractivity contribution in [3.8, 4) is 6.07 Å². The summed E-state index contributed by atoms with van der Waals surface area (Å²) in [4.78, 5) is 11.0. The van der Waals surface area contributed by atoms with Crippen LogP contribution in [0.3, 0.4) is 0 Å². The molecule has 0 bridgehead atoms. The lowest BCUT2D eigenvalue weighted by atomic mass is 10.2. The Morgan fingerprint density at radius 3 is 2.94 bits per heavy atom. The van der Waals surface area contributed by atoms with E-state index in [9.17, 15) is 13.2 Å². The van der Waals surface area contributed by atoms with Gasteiger partial charge in [0.1, 0.15) is 0 Å². The van der Waals surface area contributed by atoms with E-state index < -0.39 is 27.8 Å². The molecule has 1 aliphatic rings. The highest BCUT2D eigenvalue weighted by Gasteiger charge is 2.30. The minimum atomic E-state index is -3.57. The van der Waals surface area contributed by atoms with Crippen molar-refractivity contribution in [2.24, 2.45) is 0 Å². The fourth-order valence-corrected chi connectivity index (χ4v) is 2.60. The van der Waals surface area contributed by atoms with Gasteiger partial charge in [0, 0.05) is 13.1 Å². The van der Waals surface area contributed by atoms with Crippen LogP contribution in [0.15, 0.2) is 0 Å². The third kappa shape index (κ3) is 3.96. The highest BCUT2D eigenvalue weighted by Crippen LogP contribution is 2.13. The van der Waals surface area contributed by atoms with E-state index in [0.29, 0.717) is 0 Å². The van der Waals surface area contributed by atoms with E-state index in [0.717, 1.165) is 0 Å². The van der Waals surface area contributed by atoms with Gasteiger partial charge >= 0.3 is 5.97 Å². The van der Waals surface area contributed by atoms with Crippen LogP contribution in [0.25, 0.3) is 0 Å². The van der Waals surface area contributed by atoms with Gasteiger partial charge in [-0.2, -0.15) is 9.57 Å². The van der Waals surface area contributed by atoms with E-state index in [1.807, 2.05) is 0 Å². The van der Waals surface area contributed by atoms with Gasteiger partial charge in [-0.1, -0.05) is 0 Å². The number of esters is 1. The molecule has 8 heteroatoms. The minimum absolute atomic E-state index is 0.00900. The largest absolute Gasteiger partial charge is 0.469 e. The van der Waals surface area contributed by atoms with E-state index in [2.05, 4.69) is 4.74 Å². The summed E-state index contributed by atoms with van der Waals surface area (Å²) >= 11 is 0. The fraction of sp³-hybridized carbons (Fsp3) is 0.778. The van der Waals surface area contributed by atoms with Crippen LogP contribution in [0.5, 0.6) is 0 Å². The summed E-state index contributed by atoms with van der Waals surface area (Å²) in [6.07, 6.45) is -0.501. The van der Waals surface area contributed by atoms with Crippen molar-refractivity contribution in [2.45, 2.75) is 12.5 Å². The van der Waals surface area contributed by atoms with Crippen LogP contribution in [0.4, 0.5) is 0 Å². The molecule has 0 aromatic heterocycles. The zero-order chi connectivity index (χ0) is 12.9. The number of nitriles is 1. The van der Waals surface area contributed by atoms with Crippen molar-refractivity contribution in [1.82, 2.24) is 4.31 Å². The van der Waals surface area contributed by atoms with Crippen molar-refractivity contribution in [3.63, 3.8) is 0 Å². The number of methoxy groups -OCH3 is 1. The molecule has 0 N–H and O–H groups in total. The Bertz CT molecular complexity index is 414. The van der Waals surface area contributed by atoms with Crippen LogP contribution in [0.2, 0.25) is 0 Å². The van der Waals surface area contributed by atoms with Gasteiger partial charge in [-0.15, -0.1) is 0 Å². The topological polar surface area (TPSA) is 96.7 Å². The average molecular weight is 262 g/mol. The Kier molecular flexibility index (Phi) is 4.86. The smallest absolute Gasteiger partial charge is 0.308 e. The third-order valence-corrected chi connectivity index (χ3v) is 3.98. The monoisotopic (exact) mass is 262 g/mol. The Labute approximate surface area is 100.0 Å². The molecule has 1 aliphatic heterocycles. The Hall–Kier alpha value is -1.17. The molecular weight excluding hydrogens is 248 g/mol. The number of hydrogen-bond donors (Lipinski definition) is 0. The quantitative estimate of drug-likeness (QED) is 0.609. The number of nitrogens with zero attached hydrogens (tertiary/aromatic N) is 2. The molecule has 1 heterocycles. The van der Waals surface area contributed by atoms with Gasteiger partial charge in [0.05, 0.1) is 32.3 Å². The second-order valence-electron chi connectivity index (χ2n) is 3.55. The first-order valence-electron chi connectivity index (χ1n) is 5.03. The first kappa shape index (κ1) is 13.9. The maximum absolute atomic E-state index is 11.6. The standard InChI is InChI=1S/C9H14N2O5S/c1-15-9(12)6-8-7-11(3-4-16-8)17(13,14)5-2-10/h8H,3-7H2,1H3. The predicted octanol–water partition coefficient (Wildman–Crippen LogP) is -0.896. The zero-order valence-corrected chi connectivity index (χ0v) is 10.3. The molecule has 0 radical (unpaired) electrons. The Morgan fingerprint density at radius 1 is 1.65 bits per heavy atom. The van der Waals surface area contributed by atoms with Gasteiger partial charge in [0.2, 0.25) is 10.0 Å². The van der Waals surface area contributed by atoms with Crippen molar-refractivity contribution in [3.05, 3.63) is 0 Å². The Balaban J connectivity index is 2.61. The summed E-state index contributed by atoms with van der Waals surface area (Å²) < 4.78 is 34.2. The van der Waals surface area contributed by atoms with Crippen molar-refractivity contribution < 1.29 is 22.7 Å². The number of ether oxygens (including phenoxy) is 2. The van der Waals surface area contributed by atoms with Gasteiger partial charge in [0.25, 0.3) is 0 Å². The lowest BCUT2D eigenvalue weighted by molar-refractivity contribution is -0.145. The van der Waals surface area contributed by atoms with Crippen LogP contribution in [0, 0.1) is 11.3 Å². The lowest BCUT2D eigenvalue weighted by Gasteiger charge is -2.30. The van der Waals surface area contributed by atoms with Gasteiger partial charge in [-0.25, -0.2) is 8.42 Å². The van der Waals surface area contributed by atoms with E-state index >= 15 is 0 Å². The van der Waals surface area contributed by atoms with E-state index in [-0.39, 0.29) is 26.1 Å². The van der Waals surface area contributed by atoms with Crippen molar-refractivity contribution in [2.75, 3.05) is 32.6 Å². The van der Waals surface area contributed by atoms with Crippen LogP contribution >= 0.6 is 0 Å². The SMILES string of the molecule is COC(=O)CC1CN(S(=O)(=O)CC#N)CCO1. The van der Waals surface area contributed by atoms with Crippen molar-refractivity contribution >= 4 is 16.0 Å². The summed E-state index contributed by atoms with van der Waals surface area (Å²) in [7, 11) is -2.31. The van der Waals surface area contributed by atoms with E-state index in [1.165, 1.54) is 11.4 Å². The zero-order valence-electron chi connectivity index (χ0n) is 9.46. The van der Waals surface area contributed by atoms with Crippen LogP contribution in [0.1, 0.15) is 6.42 Å². The molecule has 1 atom stereocenters. The molecule has 0 aromatic carbocycles. The Morgan fingerprint density at radius 2 is 2.35 bits per heavy atom. The van der Waals surface area contributed by atoms with Gasteiger partial charge < -0.3 is 9.47 Å². The molecule has 1 unspecified atom stereocenters. The molecule has 0 spiro atoms. The molecular formula is C9H14N2O5S. The molecule has 17 heavy (non-hydrogen) atoms. The second-order valence-corrected chi connectivity index (χ2v) is 5.51. The highest BCUT2D eigenvalue weighted by atomic mass is 32.2. The molecule has 1 rings (SSSR count). The molecule has 1 fully saturated rings. The van der Waals surface area contributed by atoms with E-state index in [1.54, 1.807) is 6.07 Å². The normalized spacial score (nSPS) is 21.8. The highest BCUT2D eigenvalue weighted by molar-refractivity contribution is 7.89. The molecule has 0 saturated carbocycles. The number of hydrogen-bond acceptors (Lipinski definition) is 6. The summed E-state index contributed by atoms with van der Waals surface area (Å²) in [5, 5.41) is 8.42. The van der Waals surface area contributed by atoms with E-state index in [4.69, 9.17) is 10.00 Å². The maximum Gasteiger partial charge on any atom is 0.308 e. The first-order valence-corrected chi connectivity index (χ1v) is 6.63. The molecule has 0 amide bonds. The molecule has 7 nitrogen and oxygen atoms in total. The second kappa shape index (κ2) is 5.95. The van der Waals surface area contributed by atoms with Crippen LogP contribution in [-0.4, -0.2) is 57.4 Å². The summed E-state index contributed by atoms with van der Waals surface area (Å²) in [6.45, 7) is 0.507. The number of carbonyl (C=O) groups excluding carboxylic acids is 1. The molecule has 1 saturated heterocycles. The van der Waals surface area contributed by atoms with Crippen LogP contribution < -0.4 is 0 Å². The summed E-state index contributed by atoms with van der Waals surface area (Å²) in [5.74, 6) is -1.01. The molecule has 0 aliphatic carbocycles. The van der Waals surface area contributed by atoms with Gasteiger partial charge in [-0.05, 0) is 0 Å². The maximum atomic E-state index is 11.6. The molecule has 96 valence electrons. The number of sulfonamides is 1. The van der Waals surface area contributed by atoms with Crippen molar-refractivity contribution in [1.29, 1.82) is 5.26 Å². The summed E-state index contributed by atoms with van der Waals surface area (Å²) in [6, 6.07) is 1.61. The van der Waals surface area contributed by atoms with Gasteiger partial charge in [-0.3, -0.25) is 4.79 Å². The number of morpholine rings is 1. The van der Waals surface area contributed by atoms with Crippen LogP contribution in [-0.2, 0) is 24.3 Å². The summed E-state index contributed by atoms with van der Waals surface area (Å²) in [5.41, 5.74) is 0. The number of rotatable bonds is 4. The molecule has 0 aromatic rings. The number of carbonyl (C=O) groups is 1. The van der Waals surface area contributed by atoms with Gasteiger partial charge in [0.15, 0.2) is 5.75 Å². The lowest BCUT2D eigenvalue weighted by Crippen LogP contribution is -2.46.